The highest BCUT2D eigenvalue weighted by atomic mass is 32.1. The summed E-state index contributed by atoms with van der Waals surface area (Å²) in [5.74, 6) is 2.33. The van der Waals surface area contributed by atoms with E-state index in [1.165, 1.54) is 11.3 Å². The number of aromatic nitrogens is 3. The second-order valence-electron chi connectivity index (χ2n) is 5.82. The SMILES string of the molecule is C#CCn1c(=NC(=O)c2ccnn2C(C)C)sc2cc(C)ccc21. The zero-order valence-corrected chi connectivity index (χ0v) is 14.7. The van der Waals surface area contributed by atoms with Crippen LogP contribution in [-0.4, -0.2) is 20.3 Å². The zero-order valence-electron chi connectivity index (χ0n) is 13.9. The van der Waals surface area contributed by atoms with Gasteiger partial charge in [-0.05, 0) is 44.5 Å². The highest BCUT2D eigenvalue weighted by Gasteiger charge is 2.14. The lowest BCUT2D eigenvalue weighted by molar-refractivity contribution is 0.0986. The molecule has 0 aliphatic heterocycles. The topological polar surface area (TPSA) is 52.2 Å². The first-order valence-corrected chi connectivity index (χ1v) is 8.49. The number of carbonyl (C=O) groups is 1. The maximum Gasteiger partial charge on any atom is 0.297 e. The van der Waals surface area contributed by atoms with Crippen molar-refractivity contribution in [3.8, 4) is 12.3 Å². The molecule has 0 aliphatic rings. The van der Waals surface area contributed by atoms with E-state index in [0.29, 0.717) is 17.0 Å². The Hall–Kier alpha value is -2.65. The minimum atomic E-state index is -0.310. The zero-order chi connectivity index (χ0) is 17.3. The Kier molecular flexibility index (Phi) is 4.36. The van der Waals surface area contributed by atoms with Crippen LogP contribution in [0.2, 0.25) is 0 Å². The lowest BCUT2D eigenvalue weighted by Gasteiger charge is -2.07. The van der Waals surface area contributed by atoms with Crippen molar-refractivity contribution in [2.45, 2.75) is 33.4 Å². The highest BCUT2D eigenvalue weighted by molar-refractivity contribution is 7.16. The number of benzene rings is 1. The molecule has 5 nitrogen and oxygen atoms in total. The number of hydrogen-bond acceptors (Lipinski definition) is 3. The van der Waals surface area contributed by atoms with Crippen molar-refractivity contribution in [3.63, 3.8) is 0 Å². The van der Waals surface area contributed by atoms with Gasteiger partial charge >= 0.3 is 0 Å². The van der Waals surface area contributed by atoms with Crippen molar-refractivity contribution in [3.05, 3.63) is 46.5 Å². The summed E-state index contributed by atoms with van der Waals surface area (Å²) in [6.45, 7) is 6.36. The van der Waals surface area contributed by atoms with E-state index in [4.69, 9.17) is 6.42 Å². The number of rotatable bonds is 3. The second kappa shape index (κ2) is 6.46. The Morgan fingerprint density at radius 2 is 2.21 bits per heavy atom. The molecule has 3 rings (SSSR count). The number of hydrogen-bond donors (Lipinski definition) is 0. The summed E-state index contributed by atoms with van der Waals surface area (Å²) in [4.78, 5) is 17.5. The first kappa shape index (κ1) is 16.2. The predicted octanol–water partition coefficient (Wildman–Crippen LogP) is 3.16. The Morgan fingerprint density at radius 3 is 2.92 bits per heavy atom. The summed E-state index contributed by atoms with van der Waals surface area (Å²) in [6, 6.07) is 7.91. The lowest BCUT2D eigenvalue weighted by atomic mass is 10.2. The van der Waals surface area contributed by atoms with Gasteiger partial charge in [-0.2, -0.15) is 10.1 Å². The van der Waals surface area contributed by atoms with E-state index < -0.39 is 0 Å². The van der Waals surface area contributed by atoms with Crippen LogP contribution < -0.4 is 4.80 Å². The molecule has 1 amide bonds. The van der Waals surface area contributed by atoms with Crippen molar-refractivity contribution < 1.29 is 4.79 Å². The van der Waals surface area contributed by atoms with E-state index in [0.717, 1.165) is 15.8 Å². The first-order chi connectivity index (χ1) is 11.5. The minimum Gasteiger partial charge on any atom is -0.305 e. The normalized spacial score (nSPS) is 12.0. The maximum atomic E-state index is 12.6. The molecule has 1 aromatic carbocycles. The van der Waals surface area contributed by atoms with Gasteiger partial charge in [0.15, 0.2) is 4.80 Å². The fraction of sp³-hybridized carbons (Fsp3) is 0.278. The highest BCUT2D eigenvalue weighted by Crippen LogP contribution is 2.19. The van der Waals surface area contributed by atoms with Gasteiger partial charge in [-0.3, -0.25) is 9.48 Å². The molecule has 3 aromatic rings. The van der Waals surface area contributed by atoms with E-state index in [2.05, 4.69) is 22.1 Å². The number of thiazole rings is 1. The molecule has 24 heavy (non-hydrogen) atoms. The van der Waals surface area contributed by atoms with Gasteiger partial charge in [-0.15, -0.1) is 6.42 Å². The van der Waals surface area contributed by atoms with Crippen molar-refractivity contribution in [2.24, 2.45) is 4.99 Å². The third-order valence-electron chi connectivity index (χ3n) is 3.66. The van der Waals surface area contributed by atoms with E-state index in [1.54, 1.807) is 16.9 Å². The number of carbonyl (C=O) groups excluding carboxylic acids is 1. The summed E-state index contributed by atoms with van der Waals surface area (Å²) in [5, 5.41) is 4.19. The largest absolute Gasteiger partial charge is 0.305 e. The van der Waals surface area contributed by atoms with Gasteiger partial charge in [0.25, 0.3) is 5.91 Å². The number of aryl methyl sites for hydroxylation is 1. The minimum absolute atomic E-state index is 0.0945. The summed E-state index contributed by atoms with van der Waals surface area (Å²) in [7, 11) is 0. The Bertz CT molecular complexity index is 1010. The molecule has 0 unspecified atom stereocenters. The number of nitrogens with zero attached hydrogens (tertiary/aromatic N) is 4. The molecule has 122 valence electrons. The van der Waals surface area contributed by atoms with Gasteiger partial charge < -0.3 is 4.57 Å². The quantitative estimate of drug-likeness (QED) is 0.689. The maximum absolute atomic E-state index is 12.6. The Balaban J connectivity index is 2.15. The summed E-state index contributed by atoms with van der Waals surface area (Å²) in [6.07, 6.45) is 7.11. The number of fused-ring (bicyclic) bond motifs is 1. The summed E-state index contributed by atoms with van der Waals surface area (Å²) < 4.78 is 4.64. The lowest BCUT2D eigenvalue weighted by Crippen LogP contribution is -2.18. The Labute approximate surface area is 144 Å². The van der Waals surface area contributed by atoms with E-state index in [1.807, 2.05) is 37.5 Å². The van der Waals surface area contributed by atoms with Gasteiger partial charge in [0, 0.05) is 12.2 Å². The van der Waals surface area contributed by atoms with Crippen LogP contribution >= 0.6 is 11.3 Å². The predicted molar refractivity (Wildman–Crippen MR) is 95.9 cm³/mol. The standard InChI is InChI=1S/C18H18N4OS/c1-5-10-21-14-7-6-13(4)11-16(14)24-18(21)20-17(23)15-8-9-19-22(15)12(2)3/h1,6-9,11-12H,10H2,2-4H3. The second-order valence-corrected chi connectivity index (χ2v) is 6.83. The van der Waals surface area contributed by atoms with Crippen LogP contribution in [0.25, 0.3) is 10.2 Å². The van der Waals surface area contributed by atoms with Crippen LogP contribution in [0.3, 0.4) is 0 Å². The molecular weight excluding hydrogens is 320 g/mol. The third kappa shape index (κ3) is 2.91. The van der Waals surface area contributed by atoms with Crippen LogP contribution in [-0.2, 0) is 6.54 Å². The molecule has 2 heterocycles. The van der Waals surface area contributed by atoms with Crippen LogP contribution in [0, 0.1) is 19.3 Å². The fourth-order valence-corrected chi connectivity index (χ4v) is 3.68. The van der Waals surface area contributed by atoms with E-state index in [-0.39, 0.29) is 11.9 Å². The van der Waals surface area contributed by atoms with Crippen molar-refractivity contribution in [2.75, 3.05) is 0 Å². The number of terminal acetylenes is 1. The molecule has 2 aromatic heterocycles. The molecule has 0 radical (unpaired) electrons. The molecule has 0 saturated carbocycles. The summed E-state index contributed by atoms with van der Waals surface area (Å²) >= 11 is 1.47. The molecule has 0 saturated heterocycles. The van der Waals surface area contributed by atoms with Crippen molar-refractivity contribution in [1.29, 1.82) is 0 Å². The van der Waals surface area contributed by atoms with Gasteiger partial charge in [-0.1, -0.05) is 23.3 Å². The van der Waals surface area contributed by atoms with Crippen LogP contribution in [0.1, 0.15) is 35.9 Å². The Morgan fingerprint density at radius 1 is 1.42 bits per heavy atom. The van der Waals surface area contributed by atoms with Crippen LogP contribution in [0.15, 0.2) is 35.5 Å². The molecule has 0 aliphatic carbocycles. The van der Waals surface area contributed by atoms with E-state index in [9.17, 15) is 4.79 Å². The van der Waals surface area contributed by atoms with Crippen LogP contribution in [0.5, 0.6) is 0 Å². The van der Waals surface area contributed by atoms with Gasteiger partial charge in [0.2, 0.25) is 0 Å². The smallest absolute Gasteiger partial charge is 0.297 e. The average molecular weight is 338 g/mol. The molecule has 0 fully saturated rings. The van der Waals surface area contributed by atoms with Crippen LogP contribution in [0.4, 0.5) is 0 Å². The van der Waals surface area contributed by atoms with Gasteiger partial charge in [0.05, 0.1) is 16.8 Å². The van der Waals surface area contributed by atoms with Gasteiger partial charge in [0.1, 0.15) is 5.69 Å². The van der Waals surface area contributed by atoms with E-state index >= 15 is 0 Å². The molecule has 6 heteroatoms. The molecule has 0 N–H and O–H groups in total. The first-order valence-electron chi connectivity index (χ1n) is 7.67. The fourth-order valence-electron chi connectivity index (χ4n) is 2.55. The molecule has 0 bridgehead atoms. The monoisotopic (exact) mass is 338 g/mol. The molecule has 0 spiro atoms. The average Bonchev–Trinajstić information content (AvgIpc) is 3.13. The summed E-state index contributed by atoms with van der Waals surface area (Å²) in [5.41, 5.74) is 2.63. The van der Waals surface area contributed by atoms with Crippen molar-refractivity contribution in [1.82, 2.24) is 14.3 Å². The third-order valence-corrected chi connectivity index (χ3v) is 4.70. The van der Waals surface area contributed by atoms with Crippen molar-refractivity contribution >= 4 is 27.5 Å². The number of amides is 1. The molecular formula is C18H18N4OS. The molecule has 0 atom stereocenters. The van der Waals surface area contributed by atoms with Gasteiger partial charge in [-0.25, -0.2) is 0 Å².